The van der Waals surface area contributed by atoms with Crippen LogP contribution < -0.4 is 4.72 Å². The van der Waals surface area contributed by atoms with Crippen molar-refractivity contribution in [2.24, 2.45) is 0 Å². The molecule has 0 saturated heterocycles. The van der Waals surface area contributed by atoms with E-state index in [9.17, 15) is 17.2 Å². The van der Waals surface area contributed by atoms with Crippen LogP contribution in [0.4, 0.5) is 14.5 Å². The van der Waals surface area contributed by atoms with Crippen LogP contribution in [0.2, 0.25) is 0 Å². The smallest absolute Gasteiger partial charge is 0.264 e. The Morgan fingerprint density at radius 1 is 1.10 bits per heavy atom. The highest BCUT2D eigenvalue weighted by molar-refractivity contribution is 7.92. The molecule has 6 heteroatoms. The van der Waals surface area contributed by atoms with Crippen molar-refractivity contribution in [1.82, 2.24) is 0 Å². The molecule has 0 aromatic heterocycles. The van der Waals surface area contributed by atoms with Crippen molar-refractivity contribution >= 4 is 15.7 Å². The quantitative estimate of drug-likeness (QED) is 0.941. The molecule has 0 atom stereocenters. The SMILES string of the molecule is CCc1ccccc1NS(=O)(=O)c1ccc(F)cc1F. The third kappa shape index (κ3) is 2.96. The predicted octanol–water partition coefficient (Wildman–Crippen LogP) is 3.33. The molecule has 106 valence electrons. The van der Waals surface area contributed by atoms with Gasteiger partial charge in [-0.2, -0.15) is 0 Å². The molecule has 20 heavy (non-hydrogen) atoms. The van der Waals surface area contributed by atoms with E-state index in [0.717, 1.165) is 17.7 Å². The lowest BCUT2D eigenvalue weighted by Gasteiger charge is -2.12. The molecule has 2 aromatic rings. The Morgan fingerprint density at radius 2 is 1.80 bits per heavy atom. The van der Waals surface area contributed by atoms with Gasteiger partial charge in [0.2, 0.25) is 0 Å². The number of nitrogens with one attached hydrogen (secondary N) is 1. The van der Waals surface area contributed by atoms with Crippen molar-refractivity contribution in [1.29, 1.82) is 0 Å². The number of para-hydroxylation sites is 1. The molecule has 0 bridgehead atoms. The van der Waals surface area contributed by atoms with Gasteiger partial charge in [-0.25, -0.2) is 17.2 Å². The Morgan fingerprint density at radius 3 is 2.45 bits per heavy atom. The second-order valence-corrected chi connectivity index (χ2v) is 5.84. The van der Waals surface area contributed by atoms with E-state index in [1.165, 1.54) is 0 Å². The molecule has 1 N–H and O–H groups in total. The van der Waals surface area contributed by atoms with Gasteiger partial charge in [0.1, 0.15) is 16.5 Å². The minimum absolute atomic E-state index is 0.388. The number of anilines is 1. The first-order valence-electron chi connectivity index (χ1n) is 6.00. The van der Waals surface area contributed by atoms with Crippen molar-refractivity contribution in [3.63, 3.8) is 0 Å². The van der Waals surface area contributed by atoms with Gasteiger partial charge >= 0.3 is 0 Å². The van der Waals surface area contributed by atoms with E-state index in [4.69, 9.17) is 0 Å². The number of benzene rings is 2. The molecule has 0 aliphatic carbocycles. The molecule has 0 unspecified atom stereocenters. The standard InChI is InChI=1S/C14H13F2NO2S/c1-2-10-5-3-4-6-13(10)17-20(18,19)14-8-7-11(15)9-12(14)16/h3-9,17H,2H2,1H3. The average molecular weight is 297 g/mol. The lowest BCUT2D eigenvalue weighted by Crippen LogP contribution is -2.15. The zero-order valence-electron chi connectivity index (χ0n) is 10.7. The van der Waals surface area contributed by atoms with Gasteiger partial charge in [-0.15, -0.1) is 0 Å². The molecule has 2 aromatic carbocycles. The van der Waals surface area contributed by atoms with Crippen molar-refractivity contribution in [3.8, 4) is 0 Å². The maximum atomic E-state index is 13.6. The first-order chi connectivity index (χ1) is 9.44. The van der Waals surface area contributed by atoms with E-state index < -0.39 is 26.6 Å². The summed E-state index contributed by atoms with van der Waals surface area (Å²) in [4.78, 5) is -0.579. The molecule has 0 aliphatic heterocycles. The van der Waals surface area contributed by atoms with Crippen LogP contribution in [0, 0.1) is 11.6 Å². The predicted molar refractivity (Wildman–Crippen MR) is 73.0 cm³/mol. The van der Waals surface area contributed by atoms with Crippen LogP contribution in [-0.4, -0.2) is 8.42 Å². The van der Waals surface area contributed by atoms with Crippen LogP contribution in [0.5, 0.6) is 0 Å². The minimum Gasteiger partial charge on any atom is -0.279 e. The van der Waals surface area contributed by atoms with Crippen molar-refractivity contribution in [3.05, 3.63) is 59.7 Å². The molecule has 0 saturated carbocycles. The maximum Gasteiger partial charge on any atom is 0.264 e. The highest BCUT2D eigenvalue weighted by Crippen LogP contribution is 2.22. The number of hydrogen-bond acceptors (Lipinski definition) is 2. The van der Waals surface area contributed by atoms with E-state index >= 15 is 0 Å². The van der Waals surface area contributed by atoms with Crippen LogP contribution in [0.15, 0.2) is 47.4 Å². The lowest BCUT2D eigenvalue weighted by molar-refractivity contribution is 0.551. The van der Waals surface area contributed by atoms with Crippen molar-refractivity contribution in [2.45, 2.75) is 18.2 Å². The van der Waals surface area contributed by atoms with Gasteiger partial charge < -0.3 is 0 Å². The second-order valence-electron chi connectivity index (χ2n) is 4.19. The third-order valence-electron chi connectivity index (χ3n) is 2.83. The van der Waals surface area contributed by atoms with Gasteiger partial charge in [0.05, 0.1) is 5.69 Å². The summed E-state index contributed by atoms with van der Waals surface area (Å²) in [5, 5.41) is 0. The summed E-state index contributed by atoms with van der Waals surface area (Å²) in [6.45, 7) is 1.88. The number of aryl methyl sites for hydroxylation is 1. The van der Waals surface area contributed by atoms with Crippen molar-refractivity contribution < 1.29 is 17.2 Å². The normalized spacial score (nSPS) is 11.3. The maximum absolute atomic E-state index is 13.6. The third-order valence-corrected chi connectivity index (χ3v) is 4.22. The molecule has 0 aliphatic rings. The Bertz CT molecular complexity index is 730. The average Bonchev–Trinajstić information content (AvgIpc) is 2.38. The van der Waals surface area contributed by atoms with E-state index in [2.05, 4.69) is 4.72 Å². The van der Waals surface area contributed by atoms with Crippen LogP contribution in [0.3, 0.4) is 0 Å². The summed E-state index contributed by atoms with van der Waals surface area (Å²) >= 11 is 0. The zero-order chi connectivity index (χ0) is 14.8. The molecule has 0 amide bonds. The fraction of sp³-hybridized carbons (Fsp3) is 0.143. The second kappa shape index (κ2) is 5.58. The zero-order valence-corrected chi connectivity index (χ0v) is 11.5. The first kappa shape index (κ1) is 14.5. The highest BCUT2D eigenvalue weighted by atomic mass is 32.2. The summed E-state index contributed by atoms with van der Waals surface area (Å²) in [7, 11) is -4.09. The van der Waals surface area contributed by atoms with E-state index in [1.54, 1.807) is 24.3 Å². The minimum atomic E-state index is -4.09. The van der Waals surface area contributed by atoms with Crippen LogP contribution in [0.1, 0.15) is 12.5 Å². The monoisotopic (exact) mass is 297 g/mol. The molecule has 0 heterocycles. The topological polar surface area (TPSA) is 46.2 Å². The Kier molecular flexibility index (Phi) is 4.04. The molecule has 0 spiro atoms. The molecule has 2 rings (SSSR count). The van der Waals surface area contributed by atoms with Crippen LogP contribution in [-0.2, 0) is 16.4 Å². The highest BCUT2D eigenvalue weighted by Gasteiger charge is 2.20. The Hall–Kier alpha value is -1.95. The fourth-order valence-electron chi connectivity index (χ4n) is 1.82. The largest absolute Gasteiger partial charge is 0.279 e. The number of rotatable bonds is 4. The van der Waals surface area contributed by atoms with Gasteiger partial charge in [0, 0.05) is 6.07 Å². The molecular formula is C14H13F2NO2S. The van der Waals surface area contributed by atoms with Gasteiger partial charge in [0.25, 0.3) is 10.0 Å². The van der Waals surface area contributed by atoms with Gasteiger partial charge in [-0.05, 0) is 30.2 Å². The summed E-state index contributed by atoms with van der Waals surface area (Å²) in [6, 6.07) is 9.19. The Labute approximate surface area is 116 Å². The summed E-state index contributed by atoms with van der Waals surface area (Å²) < 4.78 is 53.0. The first-order valence-corrected chi connectivity index (χ1v) is 7.48. The van der Waals surface area contributed by atoms with Gasteiger partial charge in [-0.1, -0.05) is 25.1 Å². The molecule has 3 nitrogen and oxygen atoms in total. The molecule has 0 fully saturated rings. The fourth-order valence-corrected chi connectivity index (χ4v) is 2.98. The van der Waals surface area contributed by atoms with E-state index in [0.29, 0.717) is 18.2 Å². The Balaban J connectivity index is 2.41. The number of sulfonamides is 1. The van der Waals surface area contributed by atoms with Crippen molar-refractivity contribution in [2.75, 3.05) is 4.72 Å². The van der Waals surface area contributed by atoms with E-state index in [-0.39, 0.29) is 0 Å². The molecule has 0 radical (unpaired) electrons. The summed E-state index contributed by atoms with van der Waals surface area (Å²) in [6.07, 6.45) is 0.630. The molecular weight excluding hydrogens is 284 g/mol. The van der Waals surface area contributed by atoms with Crippen LogP contribution in [0.25, 0.3) is 0 Å². The lowest BCUT2D eigenvalue weighted by atomic mass is 10.1. The number of hydrogen-bond donors (Lipinski definition) is 1. The summed E-state index contributed by atoms with van der Waals surface area (Å²) in [5.41, 5.74) is 1.18. The van der Waals surface area contributed by atoms with E-state index in [1.807, 2.05) is 6.92 Å². The van der Waals surface area contributed by atoms with Crippen LogP contribution >= 0.6 is 0 Å². The van der Waals surface area contributed by atoms with Gasteiger partial charge in [0.15, 0.2) is 0 Å². The summed E-state index contributed by atoms with van der Waals surface area (Å²) in [5.74, 6) is -1.94. The van der Waals surface area contributed by atoms with Gasteiger partial charge in [-0.3, -0.25) is 4.72 Å². The number of halogens is 2.